The summed E-state index contributed by atoms with van der Waals surface area (Å²) >= 11 is 0. The normalized spacial score (nSPS) is 12.5. The third-order valence-corrected chi connectivity index (χ3v) is 2.60. The molecule has 82 valence electrons. The molecule has 0 aliphatic carbocycles. The maximum absolute atomic E-state index is 11.7. The Morgan fingerprint density at radius 2 is 2.20 bits per heavy atom. The molecule has 1 aromatic heterocycles. The van der Waals surface area contributed by atoms with Gasteiger partial charge in [0.25, 0.3) is 0 Å². The molecule has 0 radical (unpaired) electrons. The number of hydrogen-bond acceptors (Lipinski definition) is 2. The van der Waals surface area contributed by atoms with Crippen LogP contribution in [0, 0.1) is 12.8 Å². The first-order chi connectivity index (χ1) is 7.13. The first-order valence-corrected chi connectivity index (χ1v) is 5.57. The maximum atomic E-state index is 11.7. The van der Waals surface area contributed by atoms with Gasteiger partial charge in [0.15, 0.2) is 0 Å². The molecular weight excluding hydrogens is 186 g/mol. The summed E-state index contributed by atoms with van der Waals surface area (Å²) in [6.07, 6.45) is 4.33. The number of ketones is 1. The fourth-order valence-electron chi connectivity index (χ4n) is 1.55. The van der Waals surface area contributed by atoms with Crippen LogP contribution in [-0.2, 0) is 11.2 Å². The summed E-state index contributed by atoms with van der Waals surface area (Å²) in [5.41, 5.74) is 2.02. The molecule has 0 N–H and O–H groups in total. The third-order valence-electron chi connectivity index (χ3n) is 2.60. The molecule has 1 rings (SSSR count). The Kier molecular flexibility index (Phi) is 4.47. The zero-order chi connectivity index (χ0) is 11.3. The standard InChI is InChI=1S/C13H19NO/c1-4-5-11(3)13(15)8-12-7-6-10(2)9-14-12/h6-7,9,11H,4-5,8H2,1-3H3. The highest BCUT2D eigenvalue weighted by Crippen LogP contribution is 2.10. The lowest BCUT2D eigenvalue weighted by molar-refractivity contribution is -0.121. The van der Waals surface area contributed by atoms with Crippen LogP contribution in [0.25, 0.3) is 0 Å². The van der Waals surface area contributed by atoms with Crippen LogP contribution in [0.5, 0.6) is 0 Å². The van der Waals surface area contributed by atoms with E-state index < -0.39 is 0 Å². The lowest BCUT2D eigenvalue weighted by Crippen LogP contribution is -2.14. The van der Waals surface area contributed by atoms with Gasteiger partial charge in [0.2, 0.25) is 0 Å². The number of carbonyl (C=O) groups is 1. The van der Waals surface area contributed by atoms with Gasteiger partial charge in [-0.1, -0.05) is 26.3 Å². The van der Waals surface area contributed by atoms with Crippen LogP contribution in [0.2, 0.25) is 0 Å². The molecular formula is C13H19NO. The zero-order valence-electron chi connectivity index (χ0n) is 9.79. The van der Waals surface area contributed by atoms with E-state index in [0.29, 0.717) is 12.2 Å². The number of pyridine rings is 1. The van der Waals surface area contributed by atoms with E-state index in [1.807, 2.05) is 32.2 Å². The molecule has 0 saturated carbocycles. The Labute approximate surface area is 91.7 Å². The van der Waals surface area contributed by atoms with E-state index in [0.717, 1.165) is 24.1 Å². The molecule has 1 heterocycles. The van der Waals surface area contributed by atoms with E-state index in [1.165, 1.54) is 0 Å². The van der Waals surface area contributed by atoms with Crippen molar-refractivity contribution in [2.24, 2.45) is 5.92 Å². The largest absolute Gasteiger partial charge is 0.299 e. The van der Waals surface area contributed by atoms with Crippen molar-refractivity contribution in [2.45, 2.75) is 40.0 Å². The molecule has 0 spiro atoms. The predicted molar refractivity (Wildman–Crippen MR) is 61.8 cm³/mol. The van der Waals surface area contributed by atoms with Crippen LogP contribution in [0.4, 0.5) is 0 Å². The van der Waals surface area contributed by atoms with Crippen LogP contribution in [0.1, 0.15) is 37.9 Å². The molecule has 2 nitrogen and oxygen atoms in total. The molecule has 0 aromatic carbocycles. The highest BCUT2D eigenvalue weighted by molar-refractivity contribution is 5.82. The number of nitrogens with zero attached hydrogens (tertiary/aromatic N) is 1. The van der Waals surface area contributed by atoms with Gasteiger partial charge in [-0.3, -0.25) is 9.78 Å². The summed E-state index contributed by atoms with van der Waals surface area (Å²) in [4.78, 5) is 16.0. The molecule has 0 fully saturated rings. The van der Waals surface area contributed by atoms with Gasteiger partial charge in [-0.15, -0.1) is 0 Å². The molecule has 0 saturated heterocycles. The summed E-state index contributed by atoms with van der Waals surface area (Å²) < 4.78 is 0. The van der Waals surface area contributed by atoms with Crippen molar-refractivity contribution in [3.05, 3.63) is 29.6 Å². The van der Waals surface area contributed by atoms with Gasteiger partial charge in [0, 0.05) is 24.2 Å². The van der Waals surface area contributed by atoms with Gasteiger partial charge in [-0.05, 0) is 25.0 Å². The van der Waals surface area contributed by atoms with Gasteiger partial charge in [-0.25, -0.2) is 0 Å². The number of aromatic nitrogens is 1. The first kappa shape index (κ1) is 11.9. The van der Waals surface area contributed by atoms with Crippen molar-refractivity contribution in [1.29, 1.82) is 0 Å². The smallest absolute Gasteiger partial charge is 0.141 e. The highest BCUT2D eigenvalue weighted by atomic mass is 16.1. The van der Waals surface area contributed by atoms with Gasteiger partial charge < -0.3 is 0 Å². The van der Waals surface area contributed by atoms with E-state index >= 15 is 0 Å². The minimum atomic E-state index is 0.165. The van der Waals surface area contributed by atoms with Crippen molar-refractivity contribution in [3.8, 4) is 0 Å². The summed E-state index contributed by atoms with van der Waals surface area (Å²) in [6, 6.07) is 3.94. The number of Topliss-reactive ketones (excluding diaryl/α,β-unsaturated/α-hetero) is 1. The monoisotopic (exact) mass is 205 g/mol. The Balaban J connectivity index is 2.54. The fraction of sp³-hybridized carbons (Fsp3) is 0.538. The summed E-state index contributed by atoms with van der Waals surface area (Å²) in [5, 5.41) is 0. The van der Waals surface area contributed by atoms with Crippen LogP contribution in [0.15, 0.2) is 18.3 Å². The van der Waals surface area contributed by atoms with Gasteiger partial charge in [-0.2, -0.15) is 0 Å². The zero-order valence-corrected chi connectivity index (χ0v) is 9.79. The summed E-state index contributed by atoms with van der Waals surface area (Å²) in [6.45, 7) is 6.10. The molecule has 0 aliphatic rings. The number of hydrogen-bond donors (Lipinski definition) is 0. The number of carbonyl (C=O) groups excluding carboxylic acids is 1. The molecule has 1 aromatic rings. The van der Waals surface area contributed by atoms with Gasteiger partial charge >= 0.3 is 0 Å². The topological polar surface area (TPSA) is 30.0 Å². The lowest BCUT2D eigenvalue weighted by atomic mass is 9.97. The average molecular weight is 205 g/mol. The summed E-state index contributed by atoms with van der Waals surface area (Å²) in [7, 11) is 0. The fourth-order valence-corrected chi connectivity index (χ4v) is 1.55. The number of rotatable bonds is 5. The highest BCUT2D eigenvalue weighted by Gasteiger charge is 2.12. The Morgan fingerprint density at radius 3 is 2.73 bits per heavy atom. The Hall–Kier alpha value is -1.18. The molecule has 1 atom stereocenters. The molecule has 0 amide bonds. The second-order valence-corrected chi connectivity index (χ2v) is 4.16. The van der Waals surface area contributed by atoms with E-state index in [2.05, 4.69) is 11.9 Å². The van der Waals surface area contributed by atoms with Crippen molar-refractivity contribution >= 4 is 5.78 Å². The van der Waals surface area contributed by atoms with Crippen LogP contribution in [-0.4, -0.2) is 10.8 Å². The average Bonchev–Trinajstić information content (AvgIpc) is 2.22. The maximum Gasteiger partial charge on any atom is 0.141 e. The minimum Gasteiger partial charge on any atom is -0.299 e. The van der Waals surface area contributed by atoms with E-state index in [9.17, 15) is 4.79 Å². The second kappa shape index (κ2) is 5.64. The SMILES string of the molecule is CCCC(C)C(=O)Cc1ccc(C)cn1. The quantitative estimate of drug-likeness (QED) is 0.739. The Bertz CT molecular complexity index is 316. The number of aryl methyl sites for hydroxylation is 1. The molecule has 2 heteroatoms. The molecule has 0 aliphatic heterocycles. The Morgan fingerprint density at radius 1 is 1.47 bits per heavy atom. The van der Waals surface area contributed by atoms with E-state index in [-0.39, 0.29) is 5.92 Å². The summed E-state index contributed by atoms with van der Waals surface area (Å²) in [5.74, 6) is 0.464. The van der Waals surface area contributed by atoms with E-state index in [4.69, 9.17) is 0 Å². The second-order valence-electron chi connectivity index (χ2n) is 4.16. The van der Waals surface area contributed by atoms with Crippen LogP contribution in [0.3, 0.4) is 0 Å². The van der Waals surface area contributed by atoms with Crippen LogP contribution >= 0.6 is 0 Å². The van der Waals surface area contributed by atoms with Crippen molar-refractivity contribution in [2.75, 3.05) is 0 Å². The van der Waals surface area contributed by atoms with Crippen molar-refractivity contribution in [3.63, 3.8) is 0 Å². The van der Waals surface area contributed by atoms with Gasteiger partial charge in [0.1, 0.15) is 5.78 Å². The molecule has 15 heavy (non-hydrogen) atoms. The van der Waals surface area contributed by atoms with Crippen molar-refractivity contribution in [1.82, 2.24) is 4.98 Å². The third kappa shape index (κ3) is 3.82. The van der Waals surface area contributed by atoms with Crippen LogP contribution < -0.4 is 0 Å². The molecule has 1 unspecified atom stereocenters. The lowest BCUT2D eigenvalue weighted by Gasteiger charge is -2.08. The van der Waals surface area contributed by atoms with E-state index in [1.54, 1.807) is 0 Å². The predicted octanol–water partition coefficient (Wildman–Crippen LogP) is 2.94. The van der Waals surface area contributed by atoms with Gasteiger partial charge in [0.05, 0.1) is 0 Å². The first-order valence-electron chi connectivity index (χ1n) is 5.57. The molecule has 0 bridgehead atoms. The van der Waals surface area contributed by atoms with Crippen molar-refractivity contribution < 1.29 is 4.79 Å². The minimum absolute atomic E-state index is 0.165.